The van der Waals surface area contributed by atoms with E-state index in [1.807, 2.05) is 13.0 Å². The van der Waals surface area contributed by atoms with Crippen LogP contribution in [0.4, 0.5) is 0 Å². The molecule has 0 amide bonds. The van der Waals surface area contributed by atoms with Gasteiger partial charge in [-0.3, -0.25) is 4.79 Å². The number of nitrogens with one attached hydrogen (secondary N) is 1. The second-order valence-corrected chi connectivity index (χ2v) is 5.42. The molecule has 1 aromatic carbocycles. The average molecular weight is 293 g/mol. The highest BCUT2D eigenvalue weighted by atomic mass is 16.7. The van der Waals surface area contributed by atoms with Crippen LogP contribution in [0.2, 0.25) is 0 Å². The summed E-state index contributed by atoms with van der Waals surface area (Å²) in [5, 5.41) is 12.5. The minimum absolute atomic E-state index is 0.111. The maximum Gasteiger partial charge on any atom is 0.324 e. The number of hydrogen-bond donors (Lipinski definition) is 2. The smallest absolute Gasteiger partial charge is 0.324 e. The fourth-order valence-electron chi connectivity index (χ4n) is 3.01. The quantitative estimate of drug-likeness (QED) is 0.861. The van der Waals surface area contributed by atoms with E-state index in [1.54, 1.807) is 12.1 Å². The first-order chi connectivity index (χ1) is 10.1. The first kappa shape index (κ1) is 14.0. The van der Waals surface area contributed by atoms with Gasteiger partial charge < -0.3 is 24.6 Å². The second-order valence-electron chi connectivity index (χ2n) is 5.42. The fourth-order valence-corrected chi connectivity index (χ4v) is 3.01. The average Bonchev–Trinajstić information content (AvgIpc) is 3.06. The molecule has 1 heterocycles. The van der Waals surface area contributed by atoms with Gasteiger partial charge in [-0.1, -0.05) is 6.92 Å². The third-order valence-electron chi connectivity index (χ3n) is 4.04. The monoisotopic (exact) mass is 293 g/mol. The largest absolute Gasteiger partial charge is 0.490 e. The molecule has 6 nitrogen and oxygen atoms in total. The van der Waals surface area contributed by atoms with Gasteiger partial charge >= 0.3 is 5.97 Å². The number of carboxylic acids is 1. The number of rotatable bonds is 5. The third-order valence-corrected chi connectivity index (χ3v) is 4.04. The number of carboxylic acid groups (broad SMARTS) is 1. The molecule has 0 saturated heterocycles. The number of likely N-dealkylation sites (N-methyl/N-ethyl adjacent to an activating group) is 1. The van der Waals surface area contributed by atoms with Crippen LogP contribution < -0.4 is 19.5 Å². The topological polar surface area (TPSA) is 77.0 Å². The molecule has 0 aromatic heterocycles. The van der Waals surface area contributed by atoms with E-state index in [-0.39, 0.29) is 12.9 Å². The maximum atomic E-state index is 11.5. The summed E-state index contributed by atoms with van der Waals surface area (Å²) >= 11 is 0. The number of fused-ring (bicyclic) bond motifs is 1. The van der Waals surface area contributed by atoms with Crippen molar-refractivity contribution in [3.8, 4) is 17.2 Å². The molecule has 3 rings (SSSR count). The van der Waals surface area contributed by atoms with Crippen molar-refractivity contribution in [2.45, 2.75) is 37.8 Å². The summed E-state index contributed by atoms with van der Waals surface area (Å²) < 4.78 is 16.5. The molecule has 2 atom stereocenters. The molecular weight excluding hydrogens is 274 g/mol. The zero-order valence-electron chi connectivity index (χ0n) is 11.9. The van der Waals surface area contributed by atoms with Crippen LogP contribution in [0.25, 0.3) is 0 Å². The molecule has 1 aliphatic carbocycles. The lowest BCUT2D eigenvalue weighted by atomic mass is 9.98. The van der Waals surface area contributed by atoms with Gasteiger partial charge in [0, 0.05) is 12.5 Å². The molecule has 6 heteroatoms. The van der Waals surface area contributed by atoms with Gasteiger partial charge in [-0.2, -0.15) is 0 Å². The number of aliphatic carboxylic acids is 1. The van der Waals surface area contributed by atoms with Gasteiger partial charge in [0.2, 0.25) is 6.79 Å². The summed E-state index contributed by atoms with van der Waals surface area (Å²) in [6.07, 6.45) is 1.64. The Hall–Kier alpha value is -1.95. The van der Waals surface area contributed by atoms with Crippen molar-refractivity contribution >= 4 is 5.97 Å². The first-order valence-corrected chi connectivity index (χ1v) is 7.18. The normalized spacial score (nSPS) is 26.8. The molecule has 2 unspecified atom stereocenters. The molecule has 0 spiro atoms. The summed E-state index contributed by atoms with van der Waals surface area (Å²) in [5.41, 5.74) is -0.865. The maximum absolute atomic E-state index is 11.5. The highest BCUT2D eigenvalue weighted by Crippen LogP contribution is 2.38. The van der Waals surface area contributed by atoms with Crippen molar-refractivity contribution < 1.29 is 24.1 Å². The number of hydrogen-bond acceptors (Lipinski definition) is 5. The Morgan fingerprint density at radius 1 is 1.48 bits per heavy atom. The number of ether oxygens (including phenoxy) is 3. The Labute approximate surface area is 123 Å². The summed E-state index contributed by atoms with van der Waals surface area (Å²) in [4.78, 5) is 11.5. The van der Waals surface area contributed by atoms with Crippen molar-refractivity contribution in [3.05, 3.63) is 18.2 Å². The van der Waals surface area contributed by atoms with Crippen LogP contribution in [-0.2, 0) is 4.79 Å². The van der Waals surface area contributed by atoms with E-state index in [0.717, 1.165) is 0 Å². The van der Waals surface area contributed by atoms with Crippen LogP contribution in [0.5, 0.6) is 17.2 Å². The van der Waals surface area contributed by atoms with Gasteiger partial charge in [0.25, 0.3) is 0 Å². The van der Waals surface area contributed by atoms with Crippen molar-refractivity contribution in [3.63, 3.8) is 0 Å². The van der Waals surface area contributed by atoms with Crippen LogP contribution >= 0.6 is 0 Å². The van der Waals surface area contributed by atoms with Crippen molar-refractivity contribution in [2.24, 2.45) is 0 Å². The zero-order chi connectivity index (χ0) is 14.9. The Kier molecular flexibility index (Phi) is 3.63. The van der Waals surface area contributed by atoms with E-state index >= 15 is 0 Å². The van der Waals surface area contributed by atoms with Crippen LogP contribution in [0.15, 0.2) is 18.2 Å². The molecule has 2 aliphatic rings. The van der Waals surface area contributed by atoms with Crippen molar-refractivity contribution in [2.75, 3.05) is 13.3 Å². The van der Waals surface area contributed by atoms with Crippen LogP contribution in [0, 0.1) is 0 Å². The minimum atomic E-state index is -0.865. The van der Waals surface area contributed by atoms with E-state index < -0.39 is 11.5 Å². The highest BCUT2D eigenvalue weighted by molar-refractivity contribution is 5.79. The summed E-state index contributed by atoms with van der Waals surface area (Å²) in [7, 11) is 0. The minimum Gasteiger partial charge on any atom is -0.490 e. The Morgan fingerprint density at radius 3 is 3.05 bits per heavy atom. The van der Waals surface area contributed by atoms with E-state index in [4.69, 9.17) is 14.2 Å². The van der Waals surface area contributed by atoms with Crippen LogP contribution in [0.1, 0.15) is 26.2 Å². The van der Waals surface area contributed by atoms with E-state index in [2.05, 4.69) is 5.32 Å². The molecule has 1 aliphatic heterocycles. The molecule has 0 radical (unpaired) electrons. The zero-order valence-corrected chi connectivity index (χ0v) is 11.9. The summed E-state index contributed by atoms with van der Waals surface area (Å²) in [5.74, 6) is 1.26. The van der Waals surface area contributed by atoms with Gasteiger partial charge in [0.15, 0.2) is 11.5 Å². The van der Waals surface area contributed by atoms with Gasteiger partial charge in [-0.15, -0.1) is 0 Å². The van der Waals surface area contributed by atoms with Gasteiger partial charge in [-0.25, -0.2) is 0 Å². The molecule has 21 heavy (non-hydrogen) atoms. The molecule has 114 valence electrons. The van der Waals surface area contributed by atoms with E-state index in [0.29, 0.717) is 43.1 Å². The lowest BCUT2D eigenvalue weighted by molar-refractivity contribution is -0.144. The lowest BCUT2D eigenvalue weighted by Crippen LogP contribution is -2.50. The lowest BCUT2D eigenvalue weighted by Gasteiger charge is -2.25. The molecule has 1 saturated carbocycles. The Morgan fingerprint density at radius 2 is 2.29 bits per heavy atom. The van der Waals surface area contributed by atoms with E-state index in [9.17, 15) is 9.90 Å². The Balaban J connectivity index is 1.68. The first-order valence-electron chi connectivity index (χ1n) is 7.18. The predicted molar refractivity (Wildman–Crippen MR) is 74.9 cm³/mol. The molecule has 1 aromatic rings. The van der Waals surface area contributed by atoms with Crippen LogP contribution in [0.3, 0.4) is 0 Å². The second kappa shape index (κ2) is 5.44. The van der Waals surface area contributed by atoms with Gasteiger partial charge in [0.05, 0.1) is 0 Å². The van der Waals surface area contributed by atoms with Crippen LogP contribution in [-0.4, -0.2) is 36.1 Å². The molecular formula is C15H19NO5. The summed E-state index contributed by atoms with van der Waals surface area (Å²) in [6.45, 7) is 2.77. The van der Waals surface area contributed by atoms with Gasteiger partial charge in [-0.05, 0) is 31.5 Å². The van der Waals surface area contributed by atoms with Crippen molar-refractivity contribution in [1.29, 1.82) is 0 Å². The number of carbonyl (C=O) groups is 1. The SMILES string of the molecule is CCNC1(C(=O)O)CCC(Oc2ccc3c(c2)OCO3)C1. The summed E-state index contributed by atoms with van der Waals surface area (Å²) in [6, 6.07) is 5.42. The third kappa shape index (κ3) is 2.63. The standard InChI is InChI=1S/C15H19NO5/c1-2-16-15(14(17)18)6-5-11(8-15)21-10-3-4-12-13(7-10)20-9-19-12/h3-4,7,11,16H,2,5-6,8-9H2,1H3,(H,17,18). The van der Waals surface area contributed by atoms with Gasteiger partial charge in [0.1, 0.15) is 17.4 Å². The molecule has 1 fully saturated rings. The van der Waals surface area contributed by atoms with Crippen molar-refractivity contribution in [1.82, 2.24) is 5.32 Å². The molecule has 0 bridgehead atoms. The highest BCUT2D eigenvalue weighted by Gasteiger charge is 2.45. The molecule has 2 N–H and O–H groups in total. The predicted octanol–water partition coefficient (Wildman–Crippen LogP) is 1.78. The van der Waals surface area contributed by atoms with E-state index in [1.165, 1.54) is 0 Å². The Bertz CT molecular complexity index is 547. The fraction of sp³-hybridized carbons (Fsp3) is 0.533. The number of benzene rings is 1.